The fourth-order valence-corrected chi connectivity index (χ4v) is 6.18. The Kier molecular flexibility index (Phi) is 11.9. The summed E-state index contributed by atoms with van der Waals surface area (Å²) in [6.07, 6.45) is 2.70. The van der Waals surface area contributed by atoms with Crippen molar-refractivity contribution in [3.05, 3.63) is 221 Å². The van der Waals surface area contributed by atoms with Gasteiger partial charge >= 0.3 is 0 Å². The van der Waals surface area contributed by atoms with Crippen LogP contribution in [0.2, 0.25) is 0 Å². The number of nitrogens with zero attached hydrogens (tertiary/aromatic N) is 1. The monoisotopic (exact) mass is 725 g/mol. The first kappa shape index (κ1) is 34.8. The summed E-state index contributed by atoms with van der Waals surface area (Å²) in [5, 5.41) is 5.07. The first-order valence-corrected chi connectivity index (χ1v) is 17.5. The molecule has 0 heterocycles. The summed E-state index contributed by atoms with van der Waals surface area (Å²) in [6.45, 7) is 0. The lowest BCUT2D eigenvalue weighted by atomic mass is 9.99. The molecule has 0 atom stereocenters. The lowest BCUT2D eigenvalue weighted by molar-refractivity contribution is 0.111. The van der Waals surface area contributed by atoms with Crippen molar-refractivity contribution in [3.63, 3.8) is 0 Å². The standard InChI is InChI=1S/C23H17NO.C17H14.C7H5BrO/c25-17-18-13-15-21(16-14-18)24(20-9-2-1-3-10-20)23-12-6-8-19-7-4-5-11-22(19)23;1-2-7-14(8-3-1)13-16-11-6-10-15-9-4-5-12-17(15)16;8-7-3-1-6(5-9)2-4-7/h1-17H;1-12H,13H2;1-5H. The summed E-state index contributed by atoms with van der Waals surface area (Å²) in [7, 11) is 0. The van der Waals surface area contributed by atoms with Gasteiger partial charge in [-0.3, -0.25) is 9.59 Å². The molecule has 8 aromatic rings. The number of rotatable bonds is 7. The van der Waals surface area contributed by atoms with Crippen LogP contribution in [-0.4, -0.2) is 12.6 Å². The Bertz CT molecular complexity index is 2310. The fourth-order valence-electron chi connectivity index (χ4n) is 5.91. The van der Waals surface area contributed by atoms with Crippen LogP contribution < -0.4 is 4.90 Å². The highest BCUT2D eigenvalue weighted by Crippen LogP contribution is 2.38. The molecule has 4 heteroatoms. The van der Waals surface area contributed by atoms with Crippen LogP contribution in [0.25, 0.3) is 21.5 Å². The largest absolute Gasteiger partial charge is 0.310 e. The molecule has 0 bridgehead atoms. The topological polar surface area (TPSA) is 37.4 Å². The number of halogens is 1. The molecule has 0 amide bonds. The van der Waals surface area contributed by atoms with Crippen molar-refractivity contribution in [1.82, 2.24) is 0 Å². The number of benzene rings is 8. The second-order valence-electron chi connectivity index (χ2n) is 11.8. The van der Waals surface area contributed by atoms with Crippen molar-refractivity contribution in [2.75, 3.05) is 4.90 Å². The number of carbonyl (C=O) groups is 2. The first-order chi connectivity index (χ1) is 25.1. The second-order valence-corrected chi connectivity index (χ2v) is 12.8. The minimum Gasteiger partial charge on any atom is -0.310 e. The summed E-state index contributed by atoms with van der Waals surface area (Å²) in [6, 6.07) is 65.6. The summed E-state index contributed by atoms with van der Waals surface area (Å²) in [5.41, 5.74) is 7.36. The van der Waals surface area contributed by atoms with Crippen molar-refractivity contribution >= 4 is 67.1 Å². The molecule has 8 rings (SSSR count). The minimum absolute atomic E-state index is 0.676. The molecule has 51 heavy (non-hydrogen) atoms. The molecule has 0 N–H and O–H groups in total. The molecule has 0 saturated carbocycles. The average molecular weight is 727 g/mol. The first-order valence-electron chi connectivity index (χ1n) is 16.7. The van der Waals surface area contributed by atoms with Crippen LogP contribution in [0.5, 0.6) is 0 Å². The highest BCUT2D eigenvalue weighted by molar-refractivity contribution is 9.10. The Morgan fingerprint density at radius 3 is 1.53 bits per heavy atom. The summed E-state index contributed by atoms with van der Waals surface area (Å²) in [4.78, 5) is 23.3. The van der Waals surface area contributed by atoms with Crippen LogP contribution in [-0.2, 0) is 6.42 Å². The predicted molar refractivity (Wildman–Crippen MR) is 217 cm³/mol. The van der Waals surface area contributed by atoms with Crippen molar-refractivity contribution in [1.29, 1.82) is 0 Å². The van der Waals surface area contributed by atoms with Gasteiger partial charge in [0.1, 0.15) is 12.6 Å². The Morgan fingerprint density at radius 2 is 0.902 bits per heavy atom. The van der Waals surface area contributed by atoms with Crippen LogP contribution >= 0.6 is 15.9 Å². The van der Waals surface area contributed by atoms with E-state index < -0.39 is 0 Å². The Morgan fingerprint density at radius 1 is 0.431 bits per heavy atom. The highest BCUT2D eigenvalue weighted by atomic mass is 79.9. The summed E-state index contributed by atoms with van der Waals surface area (Å²) < 4.78 is 0.994. The number of hydrogen-bond donors (Lipinski definition) is 0. The lowest BCUT2D eigenvalue weighted by Crippen LogP contribution is -2.10. The van der Waals surface area contributed by atoms with Gasteiger partial charge in [0.25, 0.3) is 0 Å². The van der Waals surface area contributed by atoms with Crippen molar-refractivity contribution < 1.29 is 9.59 Å². The van der Waals surface area contributed by atoms with E-state index in [-0.39, 0.29) is 0 Å². The fraction of sp³-hybridized carbons (Fsp3) is 0.0213. The van der Waals surface area contributed by atoms with E-state index in [2.05, 4.69) is 148 Å². The highest BCUT2D eigenvalue weighted by Gasteiger charge is 2.14. The van der Waals surface area contributed by atoms with Gasteiger partial charge in [-0.1, -0.05) is 155 Å². The van der Waals surface area contributed by atoms with Gasteiger partial charge in [0.15, 0.2) is 0 Å². The summed E-state index contributed by atoms with van der Waals surface area (Å²) >= 11 is 3.26. The van der Waals surface area contributed by atoms with Gasteiger partial charge < -0.3 is 4.90 Å². The van der Waals surface area contributed by atoms with E-state index in [9.17, 15) is 9.59 Å². The number of aldehydes is 2. The van der Waals surface area contributed by atoms with Crippen LogP contribution in [0, 0.1) is 0 Å². The van der Waals surface area contributed by atoms with Gasteiger partial charge in [-0.2, -0.15) is 0 Å². The molecule has 0 aliphatic heterocycles. The number of carbonyl (C=O) groups excluding carboxylic acids is 2. The van der Waals surface area contributed by atoms with Crippen molar-refractivity contribution in [3.8, 4) is 0 Å². The maximum atomic E-state index is 11.0. The SMILES string of the molecule is O=Cc1ccc(Br)cc1.O=Cc1ccc(N(c2ccccc2)c2cccc3ccccc23)cc1.c1ccc(Cc2cccc3ccccc23)cc1. The van der Waals surface area contributed by atoms with E-state index in [0.29, 0.717) is 11.1 Å². The third-order valence-electron chi connectivity index (χ3n) is 8.43. The minimum atomic E-state index is 0.676. The molecule has 0 saturated heterocycles. The molecule has 8 aromatic carbocycles. The van der Waals surface area contributed by atoms with E-state index in [1.54, 1.807) is 12.1 Å². The predicted octanol–water partition coefficient (Wildman–Crippen LogP) is 12.8. The van der Waals surface area contributed by atoms with Crippen LogP contribution in [0.3, 0.4) is 0 Å². The zero-order chi connectivity index (χ0) is 35.3. The van der Waals surface area contributed by atoms with Gasteiger partial charge in [0.05, 0.1) is 5.69 Å². The van der Waals surface area contributed by atoms with E-state index in [1.165, 1.54) is 32.7 Å². The normalized spacial score (nSPS) is 10.3. The third kappa shape index (κ3) is 9.13. The van der Waals surface area contributed by atoms with Crippen LogP contribution in [0.15, 0.2) is 199 Å². The van der Waals surface area contributed by atoms with Gasteiger partial charge in [-0.05, 0) is 88.3 Å². The molecule has 248 valence electrons. The van der Waals surface area contributed by atoms with Gasteiger partial charge in [0.2, 0.25) is 0 Å². The van der Waals surface area contributed by atoms with E-state index in [0.717, 1.165) is 40.5 Å². The number of anilines is 3. The van der Waals surface area contributed by atoms with Crippen molar-refractivity contribution in [2.45, 2.75) is 6.42 Å². The Balaban J connectivity index is 0.000000148. The lowest BCUT2D eigenvalue weighted by Gasteiger charge is -2.26. The third-order valence-corrected chi connectivity index (χ3v) is 8.96. The van der Waals surface area contributed by atoms with E-state index >= 15 is 0 Å². The Labute approximate surface area is 307 Å². The van der Waals surface area contributed by atoms with Gasteiger partial charge in [-0.15, -0.1) is 0 Å². The molecule has 0 fully saturated rings. The summed E-state index contributed by atoms with van der Waals surface area (Å²) in [5.74, 6) is 0. The Hall–Kier alpha value is -6.10. The molecule has 0 aliphatic carbocycles. The molecule has 0 radical (unpaired) electrons. The molecular weight excluding hydrogens is 690 g/mol. The van der Waals surface area contributed by atoms with Crippen molar-refractivity contribution in [2.24, 2.45) is 0 Å². The molecular formula is C47H36BrNO2. The second kappa shape index (κ2) is 17.5. The quantitative estimate of drug-likeness (QED) is 0.154. The molecule has 0 aliphatic rings. The van der Waals surface area contributed by atoms with Gasteiger partial charge in [0, 0.05) is 32.4 Å². The van der Waals surface area contributed by atoms with Crippen LogP contribution in [0.4, 0.5) is 17.1 Å². The smallest absolute Gasteiger partial charge is 0.150 e. The number of hydrogen-bond acceptors (Lipinski definition) is 3. The zero-order valence-electron chi connectivity index (χ0n) is 28.0. The number of para-hydroxylation sites is 1. The average Bonchev–Trinajstić information content (AvgIpc) is 3.20. The molecule has 0 unspecified atom stereocenters. The maximum Gasteiger partial charge on any atom is 0.150 e. The maximum absolute atomic E-state index is 11.0. The van der Waals surface area contributed by atoms with Crippen LogP contribution in [0.1, 0.15) is 31.8 Å². The number of fused-ring (bicyclic) bond motifs is 2. The molecule has 0 aromatic heterocycles. The molecule has 3 nitrogen and oxygen atoms in total. The zero-order valence-corrected chi connectivity index (χ0v) is 29.6. The van der Waals surface area contributed by atoms with Gasteiger partial charge in [-0.25, -0.2) is 0 Å². The van der Waals surface area contributed by atoms with E-state index in [1.807, 2.05) is 54.6 Å². The van der Waals surface area contributed by atoms with E-state index in [4.69, 9.17) is 0 Å². The molecule has 0 spiro atoms.